The van der Waals surface area contributed by atoms with Gasteiger partial charge in [-0.15, -0.1) is 0 Å². The molecule has 0 aliphatic heterocycles. The highest BCUT2D eigenvalue weighted by atomic mass is 15.2. The number of rotatable bonds is 5. The van der Waals surface area contributed by atoms with Crippen molar-refractivity contribution in [3.05, 3.63) is 23.4 Å². The van der Waals surface area contributed by atoms with E-state index in [2.05, 4.69) is 63.9 Å². The van der Waals surface area contributed by atoms with Crippen molar-refractivity contribution >= 4 is 0 Å². The molecule has 0 radical (unpaired) electrons. The zero-order chi connectivity index (χ0) is 11.1. The minimum absolute atomic E-state index is 1.08. The first kappa shape index (κ1) is 13.2. The van der Waals surface area contributed by atoms with Gasteiger partial charge in [-0.2, -0.15) is 0 Å². The van der Waals surface area contributed by atoms with Crippen LogP contribution in [0.3, 0.4) is 0 Å². The fraction of sp³-hybridized carbons (Fsp3) is 0.667. The van der Waals surface area contributed by atoms with Gasteiger partial charge in [-0.05, 0) is 40.9 Å². The smallest absolute Gasteiger partial charge is 0.0299 e. The molecule has 2 heteroatoms. The second kappa shape index (κ2) is 6.66. The molecule has 0 unspecified atom stereocenters. The predicted molar refractivity (Wildman–Crippen MR) is 64.4 cm³/mol. The molecule has 0 aromatic heterocycles. The zero-order valence-corrected chi connectivity index (χ0v) is 10.5. The summed E-state index contributed by atoms with van der Waals surface area (Å²) < 4.78 is 0. The minimum atomic E-state index is 1.08. The Morgan fingerprint density at radius 2 is 1.50 bits per heavy atom. The van der Waals surface area contributed by atoms with Crippen LogP contribution in [-0.2, 0) is 0 Å². The van der Waals surface area contributed by atoms with Crippen molar-refractivity contribution in [3.63, 3.8) is 0 Å². The Labute approximate surface area is 88.9 Å². The van der Waals surface area contributed by atoms with Crippen molar-refractivity contribution in [1.82, 2.24) is 9.80 Å². The van der Waals surface area contributed by atoms with Crippen molar-refractivity contribution in [2.45, 2.75) is 20.8 Å². The van der Waals surface area contributed by atoms with Crippen LogP contribution in [0, 0.1) is 0 Å². The van der Waals surface area contributed by atoms with Crippen LogP contribution in [0.4, 0.5) is 0 Å². The van der Waals surface area contributed by atoms with Gasteiger partial charge in [-0.3, -0.25) is 0 Å². The third-order valence-corrected chi connectivity index (χ3v) is 2.14. The summed E-state index contributed by atoms with van der Waals surface area (Å²) in [5.41, 5.74) is 2.65. The molecule has 0 amide bonds. The molecule has 0 aliphatic carbocycles. The number of hydrogen-bond acceptors (Lipinski definition) is 2. The number of likely N-dealkylation sites (N-methyl/N-ethyl adjacent to an activating group) is 2. The Morgan fingerprint density at radius 1 is 0.929 bits per heavy atom. The molecule has 0 saturated heterocycles. The molecule has 82 valence electrons. The van der Waals surface area contributed by atoms with Gasteiger partial charge in [-0.25, -0.2) is 0 Å². The van der Waals surface area contributed by atoms with Gasteiger partial charge < -0.3 is 9.80 Å². The molecular formula is C12H24N2. The van der Waals surface area contributed by atoms with Gasteiger partial charge >= 0.3 is 0 Å². The van der Waals surface area contributed by atoms with Crippen LogP contribution in [0.25, 0.3) is 0 Å². The summed E-state index contributed by atoms with van der Waals surface area (Å²) in [6.07, 6.45) is 4.33. The molecule has 0 aliphatic rings. The highest BCUT2D eigenvalue weighted by Crippen LogP contribution is 2.01. The first-order valence-electron chi connectivity index (χ1n) is 5.11. The summed E-state index contributed by atoms with van der Waals surface area (Å²) in [5.74, 6) is 0. The third kappa shape index (κ3) is 6.72. The average molecular weight is 196 g/mol. The van der Waals surface area contributed by atoms with Crippen molar-refractivity contribution in [2.24, 2.45) is 0 Å². The van der Waals surface area contributed by atoms with Gasteiger partial charge in [0.2, 0.25) is 0 Å². The van der Waals surface area contributed by atoms with Gasteiger partial charge in [-0.1, -0.05) is 11.6 Å². The van der Waals surface area contributed by atoms with E-state index < -0.39 is 0 Å². The Hall–Kier alpha value is -0.760. The maximum Gasteiger partial charge on any atom is 0.0299 e. The van der Waals surface area contributed by atoms with Gasteiger partial charge in [0.15, 0.2) is 0 Å². The molecule has 0 atom stereocenters. The Kier molecular flexibility index (Phi) is 6.30. The largest absolute Gasteiger partial charge is 0.377 e. The Balaban J connectivity index is 4.04. The molecule has 0 N–H and O–H groups in total. The van der Waals surface area contributed by atoms with Gasteiger partial charge in [0, 0.05) is 25.8 Å². The van der Waals surface area contributed by atoms with Crippen molar-refractivity contribution < 1.29 is 0 Å². The maximum absolute atomic E-state index is 2.28. The molecule has 0 aromatic carbocycles. The minimum Gasteiger partial charge on any atom is -0.377 e. The molecule has 2 nitrogen and oxygen atoms in total. The normalized spacial score (nSPS) is 11.8. The topological polar surface area (TPSA) is 6.48 Å². The van der Waals surface area contributed by atoms with E-state index in [9.17, 15) is 0 Å². The van der Waals surface area contributed by atoms with Crippen molar-refractivity contribution in [1.29, 1.82) is 0 Å². The van der Waals surface area contributed by atoms with E-state index in [1.54, 1.807) is 0 Å². The van der Waals surface area contributed by atoms with Crippen LogP contribution >= 0.6 is 0 Å². The second-order valence-corrected chi connectivity index (χ2v) is 4.28. The molecule has 0 aromatic rings. The maximum atomic E-state index is 2.28. The third-order valence-electron chi connectivity index (χ3n) is 2.14. The highest BCUT2D eigenvalue weighted by Gasteiger charge is 1.98. The number of hydrogen-bond donors (Lipinski definition) is 0. The molecule has 14 heavy (non-hydrogen) atoms. The SMILES string of the molecule is CC(C)=CC=C(C)N(C)CCN(C)C. The average Bonchev–Trinajstić information content (AvgIpc) is 2.09. The zero-order valence-electron chi connectivity index (χ0n) is 10.5. The first-order chi connectivity index (χ1) is 6.43. The van der Waals surface area contributed by atoms with Crippen LogP contribution in [0.1, 0.15) is 20.8 Å². The van der Waals surface area contributed by atoms with E-state index in [-0.39, 0.29) is 0 Å². The monoisotopic (exact) mass is 196 g/mol. The Bertz CT molecular complexity index is 210. The second-order valence-electron chi connectivity index (χ2n) is 4.28. The van der Waals surface area contributed by atoms with Crippen molar-refractivity contribution in [3.8, 4) is 0 Å². The summed E-state index contributed by atoms with van der Waals surface area (Å²) in [5, 5.41) is 0. The first-order valence-corrected chi connectivity index (χ1v) is 5.11. The molecule has 0 saturated carbocycles. The van der Waals surface area contributed by atoms with E-state index in [4.69, 9.17) is 0 Å². The molecule has 0 bridgehead atoms. The summed E-state index contributed by atoms with van der Waals surface area (Å²) in [6, 6.07) is 0. The molecule has 0 fully saturated rings. The lowest BCUT2D eigenvalue weighted by Gasteiger charge is -2.21. The molecule has 0 spiro atoms. The predicted octanol–water partition coefficient (Wildman–Crippen LogP) is 2.35. The summed E-state index contributed by atoms with van der Waals surface area (Å²) in [7, 11) is 6.33. The fourth-order valence-corrected chi connectivity index (χ4v) is 0.941. The van der Waals surface area contributed by atoms with Crippen molar-refractivity contribution in [2.75, 3.05) is 34.2 Å². The van der Waals surface area contributed by atoms with Gasteiger partial charge in [0.05, 0.1) is 0 Å². The van der Waals surface area contributed by atoms with E-state index >= 15 is 0 Å². The summed E-state index contributed by atoms with van der Waals surface area (Å²) in [6.45, 7) is 8.55. The summed E-state index contributed by atoms with van der Waals surface area (Å²) >= 11 is 0. The highest BCUT2D eigenvalue weighted by molar-refractivity contribution is 5.13. The lowest BCUT2D eigenvalue weighted by molar-refractivity contribution is 0.326. The number of allylic oxidation sites excluding steroid dienone is 4. The van der Waals surface area contributed by atoms with Gasteiger partial charge in [0.25, 0.3) is 0 Å². The van der Waals surface area contributed by atoms with Crippen LogP contribution in [0.2, 0.25) is 0 Å². The van der Waals surface area contributed by atoms with Crippen LogP contribution in [-0.4, -0.2) is 44.0 Å². The lowest BCUT2D eigenvalue weighted by atomic mass is 10.3. The molecule has 0 rings (SSSR count). The Morgan fingerprint density at radius 3 is 1.93 bits per heavy atom. The fourth-order valence-electron chi connectivity index (χ4n) is 0.941. The van der Waals surface area contributed by atoms with Crippen LogP contribution in [0.15, 0.2) is 23.4 Å². The van der Waals surface area contributed by atoms with E-state index in [0.717, 1.165) is 13.1 Å². The van der Waals surface area contributed by atoms with E-state index in [1.807, 2.05) is 0 Å². The quantitative estimate of drug-likeness (QED) is 0.623. The molecular weight excluding hydrogens is 172 g/mol. The molecule has 0 heterocycles. The summed E-state index contributed by atoms with van der Waals surface area (Å²) in [4.78, 5) is 4.48. The lowest BCUT2D eigenvalue weighted by Crippen LogP contribution is -2.27. The van der Waals surface area contributed by atoms with E-state index in [0.29, 0.717) is 0 Å². The van der Waals surface area contributed by atoms with Gasteiger partial charge in [0.1, 0.15) is 0 Å². The van der Waals surface area contributed by atoms with Crippen LogP contribution < -0.4 is 0 Å². The number of nitrogens with zero attached hydrogens (tertiary/aromatic N) is 2. The van der Waals surface area contributed by atoms with Crippen LogP contribution in [0.5, 0.6) is 0 Å². The standard InChI is InChI=1S/C12H24N2/c1-11(2)7-8-12(3)14(6)10-9-13(4)5/h7-8H,9-10H2,1-6H3. The van der Waals surface area contributed by atoms with E-state index in [1.165, 1.54) is 11.3 Å².